The van der Waals surface area contributed by atoms with E-state index in [0.29, 0.717) is 36.5 Å². The first-order valence-electron chi connectivity index (χ1n) is 8.49. The quantitative estimate of drug-likeness (QED) is 0.910. The highest BCUT2D eigenvalue weighted by atomic mass is 16.5. The van der Waals surface area contributed by atoms with E-state index >= 15 is 0 Å². The fourth-order valence-corrected chi connectivity index (χ4v) is 2.86. The number of aryl methyl sites for hydroxylation is 2. The number of carbonyl (C=O) groups excluding carboxylic acids is 2. The Bertz CT molecular complexity index is 784. The zero-order valence-electron chi connectivity index (χ0n) is 14.5. The van der Waals surface area contributed by atoms with Crippen molar-refractivity contribution in [1.82, 2.24) is 0 Å². The highest BCUT2D eigenvalue weighted by Gasteiger charge is 2.24. The Hall–Kier alpha value is -2.82. The summed E-state index contributed by atoms with van der Waals surface area (Å²) in [6.07, 6.45) is 1.10. The van der Waals surface area contributed by atoms with Crippen LogP contribution in [0.5, 0.6) is 5.75 Å². The third kappa shape index (κ3) is 3.99. The zero-order valence-corrected chi connectivity index (χ0v) is 14.5. The summed E-state index contributed by atoms with van der Waals surface area (Å²) in [6.45, 7) is 4.59. The molecule has 1 aliphatic heterocycles. The second-order valence-electron chi connectivity index (χ2n) is 6.14. The summed E-state index contributed by atoms with van der Waals surface area (Å²) in [4.78, 5) is 25.8. The van der Waals surface area contributed by atoms with E-state index in [1.165, 1.54) is 5.56 Å². The second-order valence-corrected chi connectivity index (χ2v) is 6.14. The molecule has 0 atom stereocenters. The lowest BCUT2D eigenvalue weighted by molar-refractivity contribution is -0.121. The molecule has 0 spiro atoms. The molecule has 0 saturated carbocycles. The van der Waals surface area contributed by atoms with Gasteiger partial charge in [0.05, 0.1) is 5.69 Å². The van der Waals surface area contributed by atoms with E-state index in [9.17, 15) is 9.59 Å². The maximum atomic E-state index is 12.2. The van der Waals surface area contributed by atoms with Crippen molar-refractivity contribution in [1.29, 1.82) is 0 Å². The number of benzene rings is 2. The molecule has 0 aromatic heterocycles. The van der Waals surface area contributed by atoms with Crippen molar-refractivity contribution >= 4 is 23.2 Å². The number of anilines is 2. The van der Waals surface area contributed by atoms with Gasteiger partial charge in [0.15, 0.2) is 6.61 Å². The molecule has 0 saturated heterocycles. The molecule has 3 rings (SSSR count). The van der Waals surface area contributed by atoms with Gasteiger partial charge in [-0.05, 0) is 44.0 Å². The Morgan fingerprint density at radius 3 is 2.68 bits per heavy atom. The third-order valence-electron chi connectivity index (χ3n) is 4.26. The van der Waals surface area contributed by atoms with Crippen LogP contribution >= 0.6 is 0 Å². The van der Waals surface area contributed by atoms with Crippen molar-refractivity contribution < 1.29 is 14.3 Å². The first-order chi connectivity index (χ1) is 12.1. The molecular formula is C20H22N2O3. The van der Waals surface area contributed by atoms with Crippen molar-refractivity contribution in [2.45, 2.75) is 26.7 Å². The van der Waals surface area contributed by atoms with Crippen LogP contribution in [0, 0.1) is 6.92 Å². The summed E-state index contributed by atoms with van der Waals surface area (Å²) in [5.41, 5.74) is 3.72. The van der Waals surface area contributed by atoms with Crippen molar-refractivity contribution in [2.24, 2.45) is 0 Å². The molecule has 0 unspecified atom stereocenters. The molecular weight excluding hydrogens is 316 g/mol. The van der Waals surface area contributed by atoms with Crippen LogP contribution in [-0.4, -0.2) is 25.0 Å². The molecule has 2 aromatic carbocycles. The standard InChI is InChI=1S/C20H22N2O3/c1-3-22-17-12-16(9-10-18(17)25-13-20(22)24)21-19(23)11-8-15-6-4-14(2)5-7-15/h4-7,9-10,12H,3,8,11,13H2,1-2H3,(H,21,23). The van der Waals surface area contributed by atoms with Crippen molar-refractivity contribution in [2.75, 3.05) is 23.4 Å². The smallest absolute Gasteiger partial charge is 0.265 e. The van der Waals surface area contributed by atoms with Gasteiger partial charge in [-0.1, -0.05) is 29.8 Å². The SMILES string of the molecule is CCN1C(=O)COc2ccc(NC(=O)CCc3ccc(C)cc3)cc21. The number of fused-ring (bicyclic) bond motifs is 1. The minimum Gasteiger partial charge on any atom is -0.482 e. The van der Waals surface area contributed by atoms with E-state index in [0.717, 1.165) is 5.56 Å². The highest BCUT2D eigenvalue weighted by Crippen LogP contribution is 2.34. The van der Waals surface area contributed by atoms with E-state index in [1.807, 2.05) is 38.1 Å². The number of carbonyl (C=O) groups is 2. The first-order valence-corrected chi connectivity index (χ1v) is 8.49. The van der Waals surface area contributed by atoms with E-state index in [-0.39, 0.29) is 18.4 Å². The van der Waals surface area contributed by atoms with Crippen LogP contribution in [-0.2, 0) is 16.0 Å². The predicted molar refractivity (Wildman–Crippen MR) is 98.1 cm³/mol. The summed E-state index contributed by atoms with van der Waals surface area (Å²) in [6, 6.07) is 13.6. The minimum absolute atomic E-state index is 0.0494. The molecule has 0 aliphatic carbocycles. The van der Waals surface area contributed by atoms with Crippen molar-refractivity contribution in [3.8, 4) is 5.75 Å². The van der Waals surface area contributed by atoms with Gasteiger partial charge < -0.3 is 15.0 Å². The average molecular weight is 338 g/mol. The van der Waals surface area contributed by atoms with Crippen molar-refractivity contribution in [3.63, 3.8) is 0 Å². The van der Waals surface area contributed by atoms with Gasteiger partial charge in [0, 0.05) is 18.7 Å². The normalized spacial score (nSPS) is 13.2. The molecule has 2 amide bonds. The summed E-state index contributed by atoms with van der Waals surface area (Å²) < 4.78 is 5.44. The van der Waals surface area contributed by atoms with Crippen LogP contribution in [0.4, 0.5) is 11.4 Å². The van der Waals surface area contributed by atoms with Crippen LogP contribution in [0.25, 0.3) is 0 Å². The molecule has 1 N–H and O–H groups in total. The van der Waals surface area contributed by atoms with Gasteiger partial charge >= 0.3 is 0 Å². The number of rotatable bonds is 5. The molecule has 0 bridgehead atoms. The first kappa shape index (κ1) is 17.0. The Morgan fingerprint density at radius 1 is 1.20 bits per heavy atom. The molecule has 0 fully saturated rings. The summed E-state index contributed by atoms with van der Waals surface area (Å²) >= 11 is 0. The van der Waals surface area contributed by atoms with Crippen LogP contribution < -0.4 is 15.0 Å². The highest BCUT2D eigenvalue weighted by molar-refractivity contribution is 5.99. The van der Waals surface area contributed by atoms with E-state index in [1.54, 1.807) is 23.1 Å². The number of hydrogen-bond donors (Lipinski definition) is 1. The average Bonchev–Trinajstić information content (AvgIpc) is 2.61. The van der Waals surface area contributed by atoms with Gasteiger partial charge in [-0.2, -0.15) is 0 Å². The summed E-state index contributed by atoms with van der Waals surface area (Å²) in [5, 5.41) is 2.90. The van der Waals surface area contributed by atoms with Gasteiger partial charge in [-0.25, -0.2) is 0 Å². The maximum absolute atomic E-state index is 12.2. The topological polar surface area (TPSA) is 58.6 Å². The van der Waals surface area contributed by atoms with Gasteiger partial charge in [0.1, 0.15) is 5.75 Å². The molecule has 5 heteroatoms. The number of nitrogens with one attached hydrogen (secondary N) is 1. The Kier molecular flexibility index (Phi) is 5.03. The summed E-state index contributed by atoms with van der Waals surface area (Å²) in [5.74, 6) is 0.545. The van der Waals surface area contributed by atoms with Crippen LogP contribution in [0.1, 0.15) is 24.5 Å². The molecule has 1 aliphatic rings. The molecule has 25 heavy (non-hydrogen) atoms. The summed E-state index contributed by atoms with van der Waals surface area (Å²) in [7, 11) is 0. The number of ether oxygens (including phenoxy) is 1. The van der Waals surface area contributed by atoms with Gasteiger partial charge in [0.2, 0.25) is 5.91 Å². The van der Waals surface area contributed by atoms with Gasteiger partial charge in [-0.3, -0.25) is 9.59 Å². The van der Waals surface area contributed by atoms with E-state index in [2.05, 4.69) is 5.32 Å². The second kappa shape index (κ2) is 7.38. The predicted octanol–water partition coefficient (Wildman–Crippen LogP) is 3.31. The Labute approximate surface area is 147 Å². The Morgan fingerprint density at radius 2 is 1.96 bits per heavy atom. The Balaban J connectivity index is 1.64. The lowest BCUT2D eigenvalue weighted by Crippen LogP contribution is -2.38. The molecule has 0 radical (unpaired) electrons. The monoisotopic (exact) mass is 338 g/mol. The van der Waals surface area contributed by atoms with Crippen molar-refractivity contribution in [3.05, 3.63) is 53.6 Å². The van der Waals surface area contributed by atoms with Gasteiger partial charge in [0.25, 0.3) is 5.91 Å². The zero-order chi connectivity index (χ0) is 17.8. The lowest BCUT2D eigenvalue weighted by Gasteiger charge is -2.28. The van der Waals surface area contributed by atoms with Crippen LogP contribution in [0.3, 0.4) is 0 Å². The number of nitrogens with zero attached hydrogens (tertiary/aromatic N) is 1. The number of hydrogen-bond acceptors (Lipinski definition) is 3. The minimum atomic E-state index is -0.0714. The fraction of sp³-hybridized carbons (Fsp3) is 0.300. The fourth-order valence-electron chi connectivity index (χ4n) is 2.86. The van der Waals surface area contributed by atoms with Crippen LogP contribution in [0.15, 0.2) is 42.5 Å². The third-order valence-corrected chi connectivity index (χ3v) is 4.26. The van der Waals surface area contributed by atoms with Crippen LogP contribution in [0.2, 0.25) is 0 Å². The largest absolute Gasteiger partial charge is 0.482 e. The van der Waals surface area contributed by atoms with Gasteiger partial charge in [-0.15, -0.1) is 0 Å². The van der Waals surface area contributed by atoms with E-state index < -0.39 is 0 Å². The number of amides is 2. The maximum Gasteiger partial charge on any atom is 0.265 e. The molecule has 5 nitrogen and oxygen atoms in total. The molecule has 130 valence electrons. The van der Waals surface area contributed by atoms with E-state index in [4.69, 9.17) is 4.74 Å². The number of likely N-dealkylation sites (N-methyl/N-ethyl adjacent to an activating group) is 1. The lowest BCUT2D eigenvalue weighted by atomic mass is 10.1. The molecule has 1 heterocycles. The molecule has 2 aromatic rings.